The number of hydrogen-bond donors (Lipinski definition) is 0. The molecule has 0 N–H and O–H groups in total. The summed E-state index contributed by atoms with van der Waals surface area (Å²) in [7, 11) is 1.71. The van der Waals surface area contributed by atoms with Gasteiger partial charge in [0, 0.05) is 23.9 Å². The second kappa shape index (κ2) is 10.0. The molecule has 176 valence electrons. The van der Waals surface area contributed by atoms with Gasteiger partial charge in [-0.15, -0.1) is 0 Å². The summed E-state index contributed by atoms with van der Waals surface area (Å²) in [5.74, 6) is 1.16. The summed E-state index contributed by atoms with van der Waals surface area (Å²) in [6.45, 7) is 17.7. The van der Waals surface area contributed by atoms with Crippen LogP contribution in [0.4, 0.5) is 0 Å². The van der Waals surface area contributed by atoms with Gasteiger partial charge < -0.3 is 9.47 Å². The molecule has 3 rings (SSSR count). The quantitative estimate of drug-likeness (QED) is 0.352. The minimum atomic E-state index is -0.144. The fourth-order valence-electron chi connectivity index (χ4n) is 4.47. The van der Waals surface area contributed by atoms with E-state index in [1.54, 1.807) is 7.11 Å². The summed E-state index contributed by atoms with van der Waals surface area (Å²) in [5.41, 5.74) is 4.00. The van der Waals surface area contributed by atoms with Crippen molar-refractivity contribution in [2.45, 2.75) is 66.9 Å². The molecule has 0 spiro atoms. The summed E-state index contributed by atoms with van der Waals surface area (Å²) in [4.78, 5) is 9.80. The number of aryl methyl sites for hydroxylation is 1. The number of ether oxygens (including phenoxy) is 2. The number of nitrogens with zero attached hydrogens (tertiary/aromatic N) is 2. The minimum Gasteiger partial charge on any atom is -0.498 e. The first-order valence-electron chi connectivity index (χ1n) is 11.8. The van der Waals surface area contributed by atoms with Gasteiger partial charge in [-0.3, -0.25) is 4.98 Å². The Balaban J connectivity index is 2.20. The second-order valence-electron chi connectivity index (χ2n) is 9.49. The fourth-order valence-corrected chi connectivity index (χ4v) is 4.47. The highest BCUT2D eigenvalue weighted by molar-refractivity contribution is 6.07. The topological polar surface area (TPSA) is 44.2 Å². The molecule has 1 aromatic heterocycles. The number of allylic oxidation sites excluding steroid dienone is 1. The Kier molecular flexibility index (Phi) is 7.58. The third-order valence-corrected chi connectivity index (χ3v) is 6.94. The van der Waals surface area contributed by atoms with Gasteiger partial charge in [-0.2, -0.15) is 0 Å². The van der Waals surface area contributed by atoms with Gasteiger partial charge in [0.05, 0.1) is 35.2 Å². The molecule has 4 nitrogen and oxygen atoms in total. The van der Waals surface area contributed by atoms with E-state index in [0.29, 0.717) is 6.61 Å². The number of hydrogen-bond acceptors (Lipinski definition) is 4. The van der Waals surface area contributed by atoms with Crippen molar-refractivity contribution < 1.29 is 9.47 Å². The van der Waals surface area contributed by atoms with Crippen molar-refractivity contribution in [3.05, 3.63) is 57.9 Å². The molecule has 0 aliphatic rings. The molecule has 1 unspecified atom stereocenters. The predicted molar refractivity (Wildman–Crippen MR) is 140 cm³/mol. The second-order valence-corrected chi connectivity index (χ2v) is 9.49. The van der Waals surface area contributed by atoms with Crippen LogP contribution in [0.1, 0.15) is 59.7 Å². The maximum absolute atomic E-state index is 6.12. The van der Waals surface area contributed by atoms with Gasteiger partial charge in [0.1, 0.15) is 0 Å². The van der Waals surface area contributed by atoms with Crippen LogP contribution in [-0.2, 0) is 14.9 Å². The molecule has 33 heavy (non-hydrogen) atoms. The molecule has 3 aromatic rings. The third-order valence-electron chi connectivity index (χ3n) is 6.94. The van der Waals surface area contributed by atoms with Gasteiger partial charge in [0.25, 0.3) is 0 Å². The predicted octanol–water partition coefficient (Wildman–Crippen LogP) is 5.56. The van der Waals surface area contributed by atoms with Crippen molar-refractivity contribution in [1.29, 1.82) is 0 Å². The highest BCUT2D eigenvalue weighted by Gasteiger charge is 2.31. The molecule has 4 heteroatoms. The van der Waals surface area contributed by atoms with Crippen LogP contribution in [0.3, 0.4) is 0 Å². The van der Waals surface area contributed by atoms with Crippen LogP contribution in [0.25, 0.3) is 34.0 Å². The van der Waals surface area contributed by atoms with E-state index in [9.17, 15) is 0 Å². The van der Waals surface area contributed by atoms with Crippen LogP contribution < -0.4 is 10.4 Å². The first kappa shape index (κ1) is 24.9. The SMILES string of the molecule is C/C=c1\c(=C/C)c2nc(C)cnc2c2c(C(C)(C)[C@@H](C)CO/C(C)=C\C(C)OC)cccc12. The monoisotopic (exact) mass is 446 g/mol. The van der Waals surface area contributed by atoms with Crippen LogP contribution in [-0.4, -0.2) is 29.8 Å². The smallest absolute Gasteiger partial charge is 0.0974 e. The zero-order chi connectivity index (χ0) is 24.3. The molecule has 0 saturated carbocycles. The van der Waals surface area contributed by atoms with E-state index >= 15 is 0 Å². The number of rotatable bonds is 7. The van der Waals surface area contributed by atoms with Crippen molar-refractivity contribution in [3.63, 3.8) is 0 Å². The molecule has 1 heterocycles. The van der Waals surface area contributed by atoms with E-state index in [1.807, 2.05) is 33.0 Å². The first-order chi connectivity index (χ1) is 15.6. The van der Waals surface area contributed by atoms with Crippen molar-refractivity contribution >= 4 is 34.0 Å². The van der Waals surface area contributed by atoms with Crippen LogP contribution in [0, 0.1) is 12.8 Å². The van der Waals surface area contributed by atoms with E-state index in [-0.39, 0.29) is 17.4 Å². The third kappa shape index (κ3) is 4.81. The average Bonchev–Trinajstić information content (AvgIpc) is 2.80. The molecule has 0 saturated heterocycles. The normalized spacial score (nSPS) is 16.0. The van der Waals surface area contributed by atoms with E-state index in [4.69, 9.17) is 19.4 Å². The molecule has 0 aliphatic heterocycles. The summed E-state index contributed by atoms with van der Waals surface area (Å²) in [5, 5.41) is 4.78. The van der Waals surface area contributed by atoms with Gasteiger partial charge in [-0.1, -0.05) is 51.1 Å². The molecule has 0 radical (unpaired) electrons. The Hall–Kier alpha value is -2.72. The lowest BCUT2D eigenvalue weighted by Crippen LogP contribution is -2.32. The number of aromatic nitrogens is 2. The van der Waals surface area contributed by atoms with Crippen molar-refractivity contribution in [2.75, 3.05) is 13.7 Å². The standard InChI is InChI=1S/C29H38N2O2/c1-10-22-23(11-2)27-28(30-16-19(4)31-27)26-24(22)13-12-14-25(26)29(7,8)18(3)17-33-21(6)15-20(5)32-9/h10-16,18,20H,17H2,1-9H3/b21-15-,22-10+,23-11+/t18-,20?/m0/s1. The van der Waals surface area contributed by atoms with Crippen molar-refractivity contribution in [3.8, 4) is 0 Å². The minimum absolute atomic E-state index is 0.0352. The lowest BCUT2D eigenvalue weighted by molar-refractivity contribution is 0.122. The Bertz CT molecular complexity index is 1300. The Morgan fingerprint density at radius 3 is 2.42 bits per heavy atom. The van der Waals surface area contributed by atoms with Gasteiger partial charge in [0.2, 0.25) is 0 Å². The van der Waals surface area contributed by atoms with Crippen LogP contribution in [0.2, 0.25) is 0 Å². The van der Waals surface area contributed by atoms with E-state index in [2.05, 4.69) is 65.0 Å². The Morgan fingerprint density at radius 2 is 1.79 bits per heavy atom. The lowest BCUT2D eigenvalue weighted by atomic mass is 9.72. The van der Waals surface area contributed by atoms with E-state index in [0.717, 1.165) is 27.7 Å². The van der Waals surface area contributed by atoms with Crippen LogP contribution in [0.15, 0.2) is 36.2 Å². The lowest BCUT2D eigenvalue weighted by Gasteiger charge is -2.34. The molecule has 0 aliphatic carbocycles. The van der Waals surface area contributed by atoms with Crippen LogP contribution in [0.5, 0.6) is 0 Å². The largest absolute Gasteiger partial charge is 0.498 e. The van der Waals surface area contributed by atoms with Crippen molar-refractivity contribution in [2.24, 2.45) is 5.92 Å². The number of benzene rings is 2. The Labute approximate surface area is 198 Å². The molecule has 2 atom stereocenters. The highest BCUT2D eigenvalue weighted by atomic mass is 16.5. The summed E-state index contributed by atoms with van der Waals surface area (Å²) in [6.07, 6.45) is 8.26. The van der Waals surface area contributed by atoms with E-state index < -0.39 is 0 Å². The number of fused-ring (bicyclic) bond motifs is 3. The Morgan fingerprint density at radius 1 is 1.09 bits per heavy atom. The molecule has 0 amide bonds. The zero-order valence-corrected chi connectivity index (χ0v) is 21.6. The van der Waals surface area contributed by atoms with Gasteiger partial charge in [-0.05, 0) is 68.2 Å². The van der Waals surface area contributed by atoms with Crippen LogP contribution >= 0.6 is 0 Å². The first-order valence-corrected chi connectivity index (χ1v) is 11.8. The summed E-state index contributed by atoms with van der Waals surface area (Å²) >= 11 is 0. The van der Waals surface area contributed by atoms with Crippen molar-refractivity contribution in [1.82, 2.24) is 9.97 Å². The number of methoxy groups -OCH3 is 1. The maximum Gasteiger partial charge on any atom is 0.0974 e. The molecule has 0 fully saturated rings. The average molecular weight is 447 g/mol. The van der Waals surface area contributed by atoms with Gasteiger partial charge in [0.15, 0.2) is 0 Å². The molecular weight excluding hydrogens is 408 g/mol. The summed E-state index contributed by atoms with van der Waals surface area (Å²) < 4.78 is 11.5. The zero-order valence-electron chi connectivity index (χ0n) is 21.6. The van der Waals surface area contributed by atoms with E-state index in [1.165, 1.54) is 21.6 Å². The maximum atomic E-state index is 6.12. The highest BCUT2D eigenvalue weighted by Crippen LogP contribution is 2.37. The molecular formula is C29H38N2O2. The fraction of sp³-hybridized carbons (Fsp3) is 0.448. The van der Waals surface area contributed by atoms with Gasteiger partial charge >= 0.3 is 0 Å². The summed E-state index contributed by atoms with van der Waals surface area (Å²) in [6, 6.07) is 6.61. The van der Waals surface area contributed by atoms with Gasteiger partial charge in [-0.25, -0.2) is 4.98 Å². The molecule has 2 aromatic carbocycles. The molecule has 0 bridgehead atoms.